The first-order valence-electron chi connectivity index (χ1n) is 13.3. The van der Waals surface area contributed by atoms with Crippen molar-refractivity contribution in [2.45, 2.75) is 62.9 Å². The quantitative estimate of drug-likeness (QED) is 0.261. The molecule has 0 aromatic heterocycles. The summed E-state index contributed by atoms with van der Waals surface area (Å²) in [4.78, 5) is 52.3. The van der Waals surface area contributed by atoms with Gasteiger partial charge in [0.2, 0.25) is 17.7 Å². The van der Waals surface area contributed by atoms with E-state index in [0.717, 1.165) is 0 Å². The summed E-state index contributed by atoms with van der Waals surface area (Å²) in [6.45, 7) is 5.03. The third-order valence-corrected chi connectivity index (χ3v) is 8.53. The van der Waals surface area contributed by atoms with Gasteiger partial charge in [-0.2, -0.15) is 0 Å². The molecule has 212 valence electrons. The van der Waals surface area contributed by atoms with Crippen LogP contribution in [-0.4, -0.2) is 72.9 Å². The Morgan fingerprint density at radius 3 is 2.41 bits per heavy atom. The van der Waals surface area contributed by atoms with E-state index in [2.05, 4.69) is 0 Å². The van der Waals surface area contributed by atoms with Crippen molar-refractivity contribution in [2.75, 3.05) is 19.8 Å². The van der Waals surface area contributed by atoms with Crippen molar-refractivity contribution in [3.8, 4) is 11.5 Å². The molecular weight excluding hydrogens is 540 g/mol. The van der Waals surface area contributed by atoms with Gasteiger partial charge in [0.15, 0.2) is 11.9 Å². The minimum Gasteiger partial charge on any atom is -0.446 e. The Hall–Kier alpha value is -3.68. The number of hydrogen-bond donors (Lipinski definition) is 0. The molecule has 41 heavy (non-hydrogen) atoms. The molecule has 3 unspecified atom stereocenters. The highest BCUT2D eigenvalue weighted by Gasteiger charge is 2.94. The van der Waals surface area contributed by atoms with Crippen LogP contribution in [0.3, 0.4) is 0 Å². The van der Waals surface area contributed by atoms with E-state index in [1.54, 1.807) is 13.0 Å². The molecule has 12 nitrogen and oxygen atoms in total. The Bertz CT molecular complexity index is 1600. The van der Waals surface area contributed by atoms with Gasteiger partial charge in [0.05, 0.1) is 30.9 Å². The summed E-state index contributed by atoms with van der Waals surface area (Å²) in [7, 11) is 0. The summed E-state index contributed by atoms with van der Waals surface area (Å²) in [5.41, 5.74) is -0.327. The highest BCUT2D eigenvalue weighted by molar-refractivity contribution is 6.30. The number of benzene rings is 2. The van der Waals surface area contributed by atoms with Crippen molar-refractivity contribution in [2.24, 2.45) is 0 Å². The molecule has 2 bridgehead atoms. The molecular formula is C29H24O12. The van der Waals surface area contributed by atoms with Gasteiger partial charge in [-0.3, -0.25) is 19.2 Å². The van der Waals surface area contributed by atoms with E-state index in [1.165, 1.54) is 32.0 Å². The van der Waals surface area contributed by atoms with Crippen LogP contribution >= 0.6 is 0 Å². The Labute approximate surface area is 232 Å². The minimum atomic E-state index is -1.88. The smallest absolute Gasteiger partial charge is 0.320 e. The van der Waals surface area contributed by atoms with Crippen molar-refractivity contribution in [1.29, 1.82) is 0 Å². The maximum Gasteiger partial charge on any atom is 0.320 e. The number of ether oxygens (including phenoxy) is 8. The average Bonchev–Trinajstić information content (AvgIpc) is 3.60. The largest absolute Gasteiger partial charge is 0.446 e. The molecule has 6 aliphatic rings. The van der Waals surface area contributed by atoms with E-state index in [4.69, 9.17) is 37.9 Å². The standard InChI is InChI=1S/C29H24O12/c1-12-10-16-20(22(33)19-15(21(16)32)6-4-7-17(19)37-13(2)30)23-18(12)24-25-28(39-23,38-14(3)31)27(11-36-27)29(40-24,41-25)26-34-8-5-9-35-26/h4,6-7,10,24-26H,5,8-9,11H2,1-3H3/t24?,25?,27-,28+,29?/m0/s1. The van der Waals surface area contributed by atoms with Crippen molar-refractivity contribution < 1.29 is 57.1 Å². The average molecular weight is 564 g/mol. The second-order valence-corrected chi connectivity index (χ2v) is 10.9. The zero-order chi connectivity index (χ0) is 28.5. The lowest BCUT2D eigenvalue weighted by atomic mass is 9.75. The Morgan fingerprint density at radius 2 is 1.73 bits per heavy atom. The van der Waals surface area contributed by atoms with Crippen LogP contribution < -0.4 is 9.47 Å². The molecule has 5 aliphatic heterocycles. The molecule has 2 aromatic rings. The topological polar surface area (TPSA) is 145 Å². The summed E-state index contributed by atoms with van der Waals surface area (Å²) in [6, 6.07) is 6.09. The van der Waals surface area contributed by atoms with Gasteiger partial charge >= 0.3 is 17.7 Å². The van der Waals surface area contributed by atoms with Crippen molar-refractivity contribution in [3.05, 3.63) is 57.6 Å². The third kappa shape index (κ3) is 2.91. The lowest BCUT2D eigenvalue weighted by molar-refractivity contribution is -0.363. The molecule has 8 rings (SSSR count). The summed E-state index contributed by atoms with van der Waals surface area (Å²) in [5.74, 6) is -5.89. The highest BCUT2D eigenvalue weighted by atomic mass is 16.9. The molecule has 0 amide bonds. The Morgan fingerprint density at radius 1 is 0.976 bits per heavy atom. The molecule has 12 heteroatoms. The molecule has 0 N–H and O–H groups in total. The van der Waals surface area contributed by atoms with Crippen LogP contribution in [0.25, 0.3) is 0 Å². The molecule has 4 fully saturated rings. The van der Waals surface area contributed by atoms with Crippen LogP contribution in [0.4, 0.5) is 0 Å². The van der Waals surface area contributed by atoms with Gasteiger partial charge in [-0.05, 0) is 31.0 Å². The normalized spacial score (nSPS) is 34.0. The SMILES string of the molecule is CC(=O)Oc1cccc2c1C(=O)c1c(cc(C)c3c1O[C@]1(OC(C)=O)C4OC(C5OCCCO5)(OC34)[C@]13CO3)C2=O. The van der Waals surface area contributed by atoms with E-state index in [9.17, 15) is 19.2 Å². The van der Waals surface area contributed by atoms with E-state index in [0.29, 0.717) is 30.8 Å². The molecule has 2 aromatic carbocycles. The molecule has 1 aliphatic carbocycles. The van der Waals surface area contributed by atoms with Gasteiger partial charge in [-0.1, -0.05) is 12.1 Å². The fraction of sp³-hybridized carbons (Fsp3) is 0.448. The highest BCUT2D eigenvalue weighted by Crippen LogP contribution is 2.71. The maximum atomic E-state index is 14.2. The number of aryl methyl sites for hydroxylation is 1. The molecule has 5 atom stereocenters. The molecule has 5 heterocycles. The van der Waals surface area contributed by atoms with Crippen molar-refractivity contribution in [1.82, 2.24) is 0 Å². The summed E-state index contributed by atoms with van der Waals surface area (Å²) < 4.78 is 48.7. The third-order valence-electron chi connectivity index (χ3n) is 8.53. The zero-order valence-corrected chi connectivity index (χ0v) is 22.3. The van der Waals surface area contributed by atoms with Gasteiger partial charge < -0.3 is 37.9 Å². The van der Waals surface area contributed by atoms with Crippen LogP contribution in [0.5, 0.6) is 11.5 Å². The lowest BCUT2D eigenvalue weighted by Crippen LogP contribution is -2.71. The number of carbonyl (C=O) groups excluding carboxylic acids is 4. The summed E-state index contributed by atoms with van der Waals surface area (Å²) in [6.07, 6.45) is -2.20. The molecule has 1 spiro atoms. The van der Waals surface area contributed by atoms with Gasteiger partial charge in [-0.25, -0.2) is 0 Å². The van der Waals surface area contributed by atoms with Gasteiger partial charge in [0, 0.05) is 30.5 Å². The number of esters is 2. The Kier molecular flexibility index (Phi) is 4.88. The second-order valence-electron chi connectivity index (χ2n) is 10.9. The number of epoxide rings is 1. The maximum absolute atomic E-state index is 14.2. The summed E-state index contributed by atoms with van der Waals surface area (Å²) in [5, 5.41) is 0. The van der Waals surface area contributed by atoms with Gasteiger partial charge in [-0.15, -0.1) is 0 Å². The number of rotatable bonds is 3. The van der Waals surface area contributed by atoms with E-state index in [-0.39, 0.29) is 40.4 Å². The fourth-order valence-electron chi connectivity index (χ4n) is 6.96. The molecule has 0 radical (unpaired) electrons. The first-order chi connectivity index (χ1) is 19.6. The zero-order valence-electron chi connectivity index (χ0n) is 22.3. The number of hydrogen-bond acceptors (Lipinski definition) is 12. The van der Waals surface area contributed by atoms with Crippen molar-refractivity contribution >= 4 is 23.5 Å². The van der Waals surface area contributed by atoms with E-state index >= 15 is 0 Å². The lowest BCUT2D eigenvalue weighted by Gasteiger charge is -2.49. The van der Waals surface area contributed by atoms with Gasteiger partial charge in [0.1, 0.15) is 17.6 Å². The van der Waals surface area contributed by atoms with Crippen LogP contribution in [0.2, 0.25) is 0 Å². The number of ketones is 2. The Balaban J connectivity index is 1.35. The minimum absolute atomic E-state index is 0.0172. The fourth-order valence-corrected chi connectivity index (χ4v) is 6.96. The molecule has 0 saturated carbocycles. The van der Waals surface area contributed by atoms with Gasteiger partial charge in [0.25, 0.3) is 5.79 Å². The second kappa shape index (κ2) is 7.99. The first kappa shape index (κ1) is 25.1. The summed E-state index contributed by atoms with van der Waals surface area (Å²) >= 11 is 0. The number of fused-ring (bicyclic) bond motifs is 8. The first-order valence-corrected chi connectivity index (χ1v) is 13.3. The van der Waals surface area contributed by atoms with Crippen molar-refractivity contribution in [3.63, 3.8) is 0 Å². The van der Waals surface area contributed by atoms with Crippen LogP contribution in [0.1, 0.15) is 69.3 Å². The van der Waals surface area contributed by atoms with Crippen LogP contribution in [0, 0.1) is 6.92 Å². The predicted molar refractivity (Wildman–Crippen MR) is 131 cm³/mol. The van der Waals surface area contributed by atoms with Crippen LogP contribution in [-0.2, 0) is 38.0 Å². The monoisotopic (exact) mass is 564 g/mol. The predicted octanol–water partition coefficient (Wildman–Crippen LogP) is 2.05. The van der Waals surface area contributed by atoms with E-state index in [1.807, 2.05) is 0 Å². The van der Waals surface area contributed by atoms with Crippen LogP contribution in [0.15, 0.2) is 24.3 Å². The molecule has 4 saturated heterocycles. The van der Waals surface area contributed by atoms with E-state index < -0.39 is 59.2 Å². The number of carbonyl (C=O) groups is 4.